The molecule has 0 atom stereocenters. The minimum absolute atomic E-state index is 0.295. The smallest absolute Gasteiger partial charge is 0.324 e. The molecule has 0 bridgehead atoms. The van der Waals surface area contributed by atoms with E-state index in [-0.39, 0.29) is 0 Å². The second-order valence-electron chi connectivity index (χ2n) is 5.48. The van der Waals surface area contributed by atoms with Gasteiger partial charge in [-0.15, -0.1) is 0 Å². The zero-order valence-corrected chi connectivity index (χ0v) is 13.1. The van der Waals surface area contributed by atoms with Crippen LogP contribution in [0.2, 0.25) is 0 Å². The highest BCUT2D eigenvalue weighted by Gasteiger charge is 2.52. The highest BCUT2D eigenvalue weighted by atomic mass is 31.2. The summed E-state index contributed by atoms with van der Waals surface area (Å²) in [5.41, 5.74) is 0.590. The molecule has 0 amide bonds. The Kier molecular flexibility index (Phi) is 4.52. The number of halogens is 2. The predicted molar refractivity (Wildman–Crippen MR) is 80.5 cm³/mol. The first-order valence-electron chi connectivity index (χ1n) is 6.77. The zero-order chi connectivity index (χ0) is 16.5. The van der Waals surface area contributed by atoms with Gasteiger partial charge in [0.1, 0.15) is 16.8 Å². The van der Waals surface area contributed by atoms with Crippen LogP contribution < -0.4 is 0 Å². The van der Waals surface area contributed by atoms with E-state index in [1.165, 1.54) is 24.3 Å². The third-order valence-electron chi connectivity index (χ3n) is 3.86. The molecule has 0 saturated heterocycles. The van der Waals surface area contributed by atoms with Crippen molar-refractivity contribution in [3.8, 4) is 0 Å². The van der Waals surface area contributed by atoms with E-state index in [9.17, 15) is 23.1 Å². The number of hydrogen-bond acceptors (Lipinski definition) is 1. The van der Waals surface area contributed by atoms with Crippen LogP contribution in [-0.2, 0) is 9.72 Å². The van der Waals surface area contributed by atoms with Gasteiger partial charge in [0.2, 0.25) is 0 Å². The molecule has 22 heavy (non-hydrogen) atoms. The van der Waals surface area contributed by atoms with Gasteiger partial charge in [-0.25, -0.2) is 8.78 Å². The second-order valence-corrected chi connectivity index (χ2v) is 7.27. The van der Waals surface area contributed by atoms with Crippen molar-refractivity contribution in [1.29, 1.82) is 0 Å². The number of rotatable bonds is 4. The molecule has 0 aromatic heterocycles. The fraction of sp³-hybridized carbons (Fsp3) is 0.250. The maximum Gasteiger partial charge on any atom is 0.340 e. The molecule has 0 heterocycles. The van der Waals surface area contributed by atoms with Crippen molar-refractivity contribution in [1.82, 2.24) is 0 Å². The molecule has 0 aliphatic carbocycles. The summed E-state index contributed by atoms with van der Waals surface area (Å²) in [5, 5.41) is -1.66. The summed E-state index contributed by atoms with van der Waals surface area (Å²) >= 11 is 0. The molecular weight excluding hydrogens is 309 g/mol. The van der Waals surface area contributed by atoms with Crippen LogP contribution in [-0.4, -0.2) is 9.79 Å². The molecule has 0 spiro atoms. The van der Waals surface area contributed by atoms with Gasteiger partial charge < -0.3 is 9.79 Å². The van der Waals surface area contributed by atoms with Crippen LogP contribution in [0.25, 0.3) is 0 Å². The quantitative estimate of drug-likeness (QED) is 0.834. The van der Waals surface area contributed by atoms with Gasteiger partial charge in [0, 0.05) is 0 Å². The first kappa shape index (κ1) is 16.8. The highest BCUT2D eigenvalue weighted by Crippen LogP contribution is 2.64. The minimum atomic E-state index is -4.68. The molecule has 2 rings (SSSR count). The van der Waals surface area contributed by atoms with E-state index in [4.69, 9.17) is 0 Å². The molecule has 0 saturated carbocycles. The molecule has 0 aliphatic rings. The second kappa shape index (κ2) is 5.92. The lowest BCUT2D eigenvalue weighted by atomic mass is 9.81. The normalized spacial score (nSPS) is 12.7. The summed E-state index contributed by atoms with van der Waals surface area (Å²) < 4.78 is 38.7. The van der Waals surface area contributed by atoms with E-state index in [0.29, 0.717) is 11.1 Å². The van der Waals surface area contributed by atoms with Gasteiger partial charge in [-0.2, -0.15) is 0 Å². The molecule has 0 radical (unpaired) electrons. The molecule has 2 aromatic rings. The van der Waals surface area contributed by atoms with Gasteiger partial charge in [0.15, 0.2) is 0 Å². The Hall–Kier alpha value is -1.55. The van der Waals surface area contributed by atoms with Crippen molar-refractivity contribution < 1.29 is 23.1 Å². The van der Waals surface area contributed by atoms with Crippen molar-refractivity contribution in [2.75, 3.05) is 0 Å². The summed E-state index contributed by atoms with van der Waals surface area (Å²) in [6.45, 7) is 3.34. The van der Waals surface area contributed by atoms with Crippen LogP contribution in [0.15, 0.2) is 48.5 Å². The van der Waals surface area contributed by atoms with E-state index < -0.39 is 30.3 Å². The van der Waals surface area contributed by atoms with Crippen molar-refractivity contribution >= 4 is 7.60 Å². The summed E-state index contributed by atoms with van der Waals surface area (Å²) in [4.78, 5) is 20.1. The van der Waals surface area contributed by atoms with Gasteiger partial charge in [0.25, 0.3) is 0 Å². The van der Waals surface area contributed by atoms with E-state index >= 15 is 0 Å². The molecule has 0 fully saturated rings. The first-order chi connectivity index (χ1) is 10.2. The molecule has 0 aliphatic heterocycles. The largest absolute Gasteiger partial charge is 0.340 e. The maximum atomic E-state index is 13.2. The Bertz CT molecular complexity index is 645. The van der Waals surface area contributed by atoms with Crippen LogP contribution in [0.4, 0.5) is 8.78 Å². The fourth-order valence-electron chi connectivity index (χ4n) is 2.91. The third-order valence-corrected chi connectivity index (χ3v) is 5.82. The molecular formula is C16H17F2O3P. The molecule has 2 aromatic carbocycles. The van der Waals surface area contributed by atoms with E-state index in [0.717, 1.165) is 24.3 Å². The Morgan fingerprint density at radius 2 is 1.18 bits per heavy atom. The zero-order valence-electron chi connectivity index (χ0n) is 12.2. The van der Waals surface area contributed by atoms with Crippen LogP contribution in [0.3, 0.4) is 0 Å². The van der Waals surface area contributed by atoms with Crippen molar-refractivity contribution in [2.24, 2.45) is 5.92 Å². The fourth-order valence-corrected chi connectivity index (χ4v) is 4.56. The van der Waals surface area contributed by atoms with Crippen molar-refractivity contribution in [3.05, 3.63) is 71.3 Å². The third kappa shape index (κ3) is 2.72. The van der Waals surface area contributed by atoms with Gasteiger partial charge in [-0.1, -0.05) is 38.1 Å². The average molecular weight is 326 g/mol. The van der Waals surface area contributed by atoms with Crippen LogP contribution in [0.1, 0.15) is 25.0 Å². The predicted octanol–water partition coefficient (Wildman–Crippen LogP) is 4.04. The van der Waals surface area contributed by atoms with Gasteiger partial charge in [-0.05, 0) is 41.3 Å². The molecule has 118 valence electrons. The lowest BCUT2D eigenvalue weighted by Crippen LogP contribution is -2.33. The molecule has 3 nitrogen and oxygen atoms in total. The highest BCUT2D eigenvalue weighted by molar-refractivity contribution is 7.53. The number of benzene rings is 2. The molecule has 6 heteroatoms. The minimum Gasteiger partial charge on any atom is -0.324 e. The van der Waals surface area contributed by atoms with Gasteiger partial charge in [0.05, 0.1) is 0 Å². The van der Waals surface area contributed by atoms with Crippen LogP contribution in [0.5, 0.6) is 0 Å². The Balaban J connectivity index is 2.80. The molecule has 0 unspecified atom stereocenters. The Morgan fingerprint density at radius 3 is 1.41 bits per heavy atom. The maximum absolute atomic E-state index is 13.2. The first-order valence-corrected chi connectivity index (χ1v) is 8.38. The van der Waals surface area contributed by atoms with Crippen molar-refractivity contribution in [3.63, 3.8) is 0 Å². The van der Waals surface area contributed by atoms with Crippen LogP contribution in [0, 0.1) is 17.6 Å². The van der Waals surface area contributed by atoms with Crippen molar-refractivity contribution in [2.45, 2.75) is 19.0 Å². The summed E-state index contributed by atoms with van der Waals surface area (Å²) in [5.74, 6) is -1.48. The lowest BCUT2D eigenvalue weighted by Gasteiger charge is -2.39. The molecule has 2 N–H and O–H groups in total. The average Bonchev–Trinajstić information content (AvgIpc) is 2.41. The SMILES string of the molecule is CC(C)C(c1ccc(F)cc1)(c1ccc(F)cc1)P(=O)(O)O. The van der Waals surface area contributed by atoms with Gasteiger partial charge in [-0.3, -0.25) is 4.57 Å². The monoisotopic (exact) mass is 326 g/mol. The summed E-state index contributed by atoms with van der Waals surface area (Å²) in [6, 6.07) is 10.1. The summed E-state index contributed by atoms with van der Waals surface area (Å²) in [7, 11) is -4.68. The standard InChI is InChI=1S/C16H17F2O3P/c1-11(2)16(22(19,20)21,12-3-7-14(17)8-4-12)13-5-9-15(18)10-6-13/h3-11H,1-2H3,(H2,19,20,21). The van der Waals surface area contributed by atoms with Gasteiger partial charge >= 0.3 is 7.60 Å². The Morgan fingerprint density at radius 1 is 0.864 bits per heavy atom. The van der Waals surface area contributed by atoms with E-state index in [2.05, 4.69) is 0 Å². The lowest BCUT2D eigenvalue weighted by molar-refractivity contribution is 0.310. The number of hydrogen-bond donors (Lipinski definition) is 2. The van der Waals surface area contributed by atoms with E-state index in [1.807, 2.05) is 0 Å². The summed E-state index contributed by atoms with van der Waals surface area (Å²) in [6.07, 6.45) is 0. The van der Waals surface area contributed by atoms with E-state index in [1.54, 1.807) is 13.8 Å². The van der Waals surface area contributed by atoms with Crippen LogP contribution >= 0.6 is 7.60 Å². The Labute approximate surface area is 127 Å². The topological polar surface area (TPSA) is 57.5 Å².